The number of amides is 1. The van der Waals surface area contributed by atoms with Gasteiger partial charge in [-0.1, -0.05) is 30.3 Å². The van der Waals surface area contributed by atoms with Crippen LogP contribution >= 0.6 is 0 Å². The Labute approximate surface area is 277 Å². The molecule has 0 saturated heterocycles. The van der Waals surface area contributed by atoms with Crippen LogP contribution in [0.15, 0.2) is 103 Å². The zero-order valence-electron chi connectivity index (χ0n) is 26.7. The zero-order chi connectivity index (χ0) is 33.5. The number of ether oxygens (including phenoxy) is 2. The van der Waals surface area contributed by atoms with E-state index in [-0.39, 0.29) is 17.5 Å². The third kappa shape index (κ3) is 7.36. The fourth-order valence-electron chi connectivity index (χ4n) is 5.73. The first-order valence-corrected chi connectivity index (χ1v) is 15.8. The highest BCUT2D eigenvalue weighted by atomic mass is 19.1. The van der Waals surface area contributed by atoms with Crippen molar-refractivity contribution in [1.82, 2.24) is 19.4 Å². The van der Waals surface area contributed by atoms with Gasteiger partial charge >= 0.3 is 0 Å². The Balaban J connectivity index is 1.34. The molecule has 0 saturated carbocycles. The minimum atomic E-state index is -0.348. The molecular formula is C38H37F2N5O3. The molecule has 3 N–H and O–H groups in total. The van der Waals surface area contributed by atoms with Crippen LogP contribution in [-0.2, 0) is 23.1 Å². The predicted molar refractivity (Wildman–Crippen MR) is 183 cm³/mol. The van der Waals surface area contributed by atoms with E-state index in [0.29, 0.717) is 63.1 Å². The number of carbonyl (C=O) groups is 1. The summed E-state index contributed by atoms with van der Waals surface area (Å²) in [5.41, 5.74) is 11.7. The van der Waals surface area contributed by atoms with Crippen LogP contribution < -0.4 is 11.1 Å². The van der Waals surface area contributed by atoms with Gasteiger partial charge in [-0.3, -0.25) is 4.79 Å². The number of fused-ring (bicyclic) bond motifs is 1. The van der Waals surface area contributed by atoms with Crippen LogP contribution in [0, 0.1) is 11.6 Å². The van der Waals surface area contributed by atoms with Gasteiger partial charge in [0.2, 0.25) is 0 Å². The molecule has 0 atom stereocenters. The average Bonchev–Trinajstić information content (AvgIpc) is 3.64. The number of carbonyl (C=O) groups excluding carboxylic acids is 1. The summed E-state index contributed by atoms with van der Waals surface area (Å²) in [7, 11) is 1.99. The number of imidazole rings is 1. The molecule has 0 aliphatic carbocycles. The number of hydrogen-bond acceptors (Lipinski definition) is 5. The van der Waals surface area contributed by atoms with Crippen molar-refractivity contribution < 1.29 is 23.0 Å². The van der Waals surface area contributed by atoms with Crippen molar-refractivity contribution in [3.8, 4) is 33.9 Å². The summed E-state index contributed by atoms with van der Waals surface area (Å²) in [6.07, 6.45) is 2.05. The standard InChI is InChI=1S/C38H37F2N5O3/c1-44-25-33(32-4-2-3-5-34(32)44)37-43-35(27-10-14-30(39)15-11-27)36(28-12-16-31(40)17-13-28)45(37)24-26-6-8-29(9-7-26)38(46)42-19-21-48-23-22-47-20-18-41/h2-17,25H,18-24,41H2,1H3,(H,42,46). The Morgan fingerprint density at radius 3 is 2.15 bits per heavy atom. The van der Waals surface area contributed by atoms with Crippen LogP contribution in [0.4, 0.5) is 8.78 Å². The Kier molecular flexibility index (Phi) is 10.4. The first kappa shape index (κ1) is 32.8. The van der Waals surface area contributed by atoms with E-state index in [1.807, 2.05) is 31.3 Å². The first-order chi connectivity index (χ1) is 23.4. The molecule has 0 unspecified atom stereocenters. The molecule has 1 amide bonds. The number of benzene rings is 4. The van der Waals surface area contributed by atoms with Crippen LogP contribution in [0.1, 0.15) is 15.9 Å². The van der Waals surface area contributed by atoms with Gasteiger partial charge in [-0.15, -0.1) is 0 Å². The molecule has 0 aliphatic heterocycles. The van der Waals surface area contributed by atoms with E-state index >= 15 is 0 Å². The first-order valence-electron chi connectivity index (χ1n) is 15.8. The molecule has 8 nitrogen and oxygen atoms in total. The number of nitrogens with zero attached hydrogens (tertiary/aromatic N) is 3. The van der Waals surface area contributed by atoms with E-state index in [9.17, 15) is 13.6 Å². The quantitative estimate of drug-likeness (QED) is 0.133. The van der Waals surface area contributed by atoms with Gasteiger partial charge in [0.1, 0.15) is 17.5 Å². The van der Waals surface area contributed by atoms with E-state index in [0.717, 1.165) is 38.9 Å². The highest BCUT2D eigenvalue weighted by molar-refractivity contribution is 5.96. The molecule has 0 bridgehead atoms. The molecule has 0 spiro atoms. The number of halogens is 2. The largest absolute Gasteiger partial charge is 0.378 e. The molecule has 10 heteroatoms. The van der Waals surface area contributed by atoms with E-state index in [4.69, 9.17) is 20.2 Å². The predicted octanol–water partition coefficient (Wildman–Crippen LogP) is 6.42. The van der Waals surface area contributed by atoms with Crippen LogP contribution in [-0.4, -0.2) is 59.5 Å². The van der Waals surface area contributed by atoms with E-state index in [1.54, 1.807) is 36.4 Å². The highest BCUT2D eigenvalue weighted by Gasteiger charge is 2.24. The molecular weight excluding hydrogens is 612 g/mol. The molecule has 0 fully saturated rings. The number of nitrogens with two attached hydrogens (primary N) is 1. The summed E-state index contributed by atoms with van der Waals surface area (Å²) in [4.78, 5) is 18.0. The second-order valence-electron chi connectivity index (χ2n) is 11.4. The van der Waals surface area contributed by atoms with Crippen LogP contribution in [0.3, 0.4) is 0 Å². The maximum atomic E-state index is 14.1. The molecule has 6 rings (SSSR count). The Morgan fingerprint density at radius 1 is 0.812 bits per heavy atom. The van der Waals surface area contributed by atoms with Crippen LogP contribution in [0.25, 0.3) is 44.8 Å². The van der Waals surface area contributed by atoms with Gasteiger partial charge in [0.05, 0.1) is 37.8 Å². The third-order valence-corrected chi connectivity index (χ3v) is 8.06. The monoisotopic (exact) mass is 649 g/mol. The summed E-state index contributed by atoms with van der Waals surface area (Å²) in [6.45, 7) is 2.99. The van der Waals surface area contributed by atoms with Gasteiger partial charge in [-0.05, 0) is 72.3 Å². The topological polar surface area (TPSA) is 96.3 Å². The van der Waals surface area contributed by atoms with Crippen molar-refractivity contribution in [2.45, 2.75) is 6.54 Å². The van der Waals surface area contributed by atoms with Gasteiger partial charge < -0.3 is 29.7 Å². The van der Waals surface area contributed by atoms with Gasteiger partial charge in [0.25, 0.3) is 5.91 Å². The molecule has 4 aromatic carbocycles. The highest BCUT2D eigenvalue weighted by Crippen LogP contribution is 2.39. The van der Waals surface area contributed by atoms with E-state index in [2.05, 4.69) is 32.8 Å². The lowest BCUT2D eigenvalue weighted by Crippen LogP contribution is -2.27. The summed E-state index contributed by atoms with van der Waals surface area (Å²) >= 11 is 0. The van der Waals surface area contributed by atoms with Gasteiger partial charge in [0.15, 0.2) is 0 Å². The summed E-state index contributed by atoms with van der Waals surface area (Å²) in [5, 5.41) is 3.91. The summed E-state index contributed by atoms with van der Waals surface area (Å²) < 4.78 is 43.1. The zero-order valence-corrected chi connectivity index (χ0v) is 26.7. The van der Waals surface area contributed by atoms with Gasteiger partial charge in [0, 0.05) is 66.0 Å². The molecule has 0 aliphatic rings. The van der Waals surface area contributed by atoms with Gasteiger partial charge in [-0.25, -0.2) is 13.8 Å². The normalized spacial score (nSPS) is 11.3. The van der Waals surface area contributed by atoms with Crippen molar-refractivity contribution in [1.29, 1.82) is 0 Å². The Bertz CT molecular complexity index is 1980. The number of hydrogen-bond donors (Lipinski definition) is 2. The van der Waals surface area contributed by atoms with Gasteiger partial charge in [-0.2, -0.15) is 0 Å². The number of aromatic nitrogens is 3. The number of nitrogens with one attached hydrogen (secondary N) is 1. The van der Waals surface area contributed by atoms with E-state index < -0.39 is 0 Å². The second-order valence-corrected chi connectivity index (χ2v) is 11.4. The Morgan fingerprint density at radius 2 is 1.46 bits per heavy atom. The smallest absolute Gasteiger partial charge is 0.251 e. The average molecular weight is 650 g/mol. The lowest BCUT2D eigenvalue weighted by Gasteiger charge is -2.14. The maximum absolute atomic E-state index is 14.1. The molecule has 2 aromatic heterocycles. The van der Waals surface area contributed by atoms with Crippen LogP contribution in [0.2, 0.25) is 0 Å². The van der Waals surface area contributed by atoms with Crippen molar-refractivity contribution in [3.63, 3.8) is 0 Å². The molecule has 48 heavy (non-hydrogen) atoms. The second kappa shape index (κ2) is 15.2. The number of para-hydroxylation sites is 1. The minimum absolute atomic E-state index is 0.200. The lowest BCUT2D eigenvalue weighted by molar-refractivity contribution is 0.0511. The molecule has 6 aromatic rings. The SMILES string of the molecule is Cn1cc(-c2nc(-c3ccc(F)cc3)c(-c3ccc(F)cc3)n2Cc2ccc(C(=O)NCCOCCOCCN)cc2)c2ccccc21. The maximum Gasteiger partial charge on any atom is 0.251 e. The lowest BCUT2D eigenvalue weighted by atomic mass is 10.0. The molecule has 0 radical (unpaired) electrons. The van der Waals surface area contributed by atoms with E-state index in [1.165, 1.54) is 24.3 Å². The number of aryl methyl sites for hydroxylation is 1. The van der Waals surface area contributed by atoms with Crippen molar-refractivity contribution in [2.24, 2.45) is 12.8 Å². The minimum Gasteiger partial charge on any atom is -0.378 e. The van der Waals surface area contributed by atoms with Crippen molar-refractivity contribution in [3.05, 3.63) is 126 Å². The summed E-state index contributed by atoms with van der Waals surface area (Å²) in [5.74, 6) is -0.186. The van der Waals surface area contributed by atoms with Crippen LogP contribution in [0.5, 0.6) is 0 Å². The fourth-order valence-corrected chi connectivity index (χ4v) is 5.73. The summed E-state index contributed by atoms with van der Waals surface area (Å²) in [6, 6.07) is 28.1. The number of rotatable bonds is 14. The fraction of sp³-hybridized carbons (Fsp3) is 0.211. The third-order valence-electron chi connectivity index (χ3n) is 8.06. The molecule has 2 heterocycles. The van der Waals surface area contributed by atoms with Crippen molar-refractivity contribution in [2.75, 3.05) is 39.5 Å². The Hall–Kier alpha value is -5.16. The van der Waals surface area contributed by atoms with Crippen molar-refractivity contribution >= 4 is 16.8 Å². The molecule has 246 valence electrons.